The Hall–Kier alpha value is -1.51. The number of nitrogens with zero attached hydrogens (tertiary/aromatic N) is 1. The number of ether oxygens (including phenoxy) is 2. The van der Waals surface area contributed by atoms with Crippen LogP contribution in [0.2, 0.25) is 10.0 Å². The number of hydrogen-bond donors (Lipinski definition) is 1. The molecule has 1 amide bonds. The molecule has 0 bridgehead atoms. The van der Waals surface area contributed by atoms with Crippen LogP contribution in [-0.2, 0) is 4.79 Å². The molecule has 2 rings (SSSR count). The van der Waals surface area contributed by atoms with E-state index in [0.29, 0.717) is 15.8 Å². The third-order valence-corrected chi connectivity index (χ3v) is 4.20. The zero-order valence-electron chi connectivity index (χ0n) is 12.6. The van der Waals surface area contributed by atoms with E-state index in [9.17, 15) is 4.79 Å². The van der Waals surface area contributed by atoms with Crippen LogP contribution in [0.15, 0.2) is 41.5 Å². The van der Waals surface area contributed by atoms with Gasteiger partial charge in [0.25, 0.3) is 5.91 Å². The second kappa shape index (κ2) is 9.10. The molecule has 0 saturated carbocycles. The van der Waals surface area contributed by atoms with Gasteiger partial charge < -0.3 is 9.47 Å². The van der Waals surface area contributed by atoms with E-state index in [2.05, 4.69) is 33.1 Å². The molecule has 8 heteroatoms. The minimum absolute atomic E-state index is 0.209. The predicted molar refractivity (Wildman–Crippen MR) is 103 cm³/mol. The summed E-state index contributed by atoms with van der Waals surface area (Å²) < 4.78 is 11.4. The summed E-state index contributed by atoms with van der Waals surface area (Å²) in [6.07, 6.45) is 1.54. The second-order valence-electron chi connectivity index (χ2n) is 4.55. The lowest BCUT2D eigenvalue weighted by molar-refractivity contribution is -0.123. The lowest BCUT2D eigenvalue weighted by atomic mass is 10.2. The molecular weight excluding hydrogens is 466 g/mol. The zero-order valence-corrected chi connectivity index (χ0v) is 16.2. The predicted octanol–water partition coefficient (Wildman–Crippen LogP) is 4.14. The number of amides is 1. The van der Waals surface area contributed by atoms with Gasteiger partial charge >= 0.3 is 0 Å². The van der Waals surface area contributed by atoms with Crippen LogP contribution in [0.5, 0.6) is 11.5 Å². The molecule has 1 N–H and O–H groups in total. The number of hydrogen-bond acceptors (Lipinski definition) is 4. The Labute approximate surface area is 163 Å². The summed E-state index contributed by atoms with van der Waals surface area (Å²) in [6, 6.07) is 10.3. The molecule has 0 heterocycles. The van der Waals surface area contributed by atoms with Crippen LogP contribution in [-0.4, -0.2) is 25.8 Å². The van der Waals surface area contributed by atoms with Crippen molar-refractivity contribution in [2.75, 3.05) is 13.7 Å². The van der Waals surface area contributed by atoms with Crippen LogP contribution < -0.4 is 14.9 Å². The topological polar surface area (TPSA) is 59.9 Å². The van der Waals surface area contributed by atoms with Gasteiger partial charge in [0.05, 0.1) is 21.9 Å². The fourth-order valence-electron chi connectivity index (χ4n) is 1.71. The first kappa shape index (κ1) is 18.8. The van der Waals surface area contributed by atoms with E-state index in [4.69, 9.17) is 32.7 Å². The average molecular weight is 479 g/mol. The van der Waals surface area contributed by atoms with E-state index in [-0.39, 0.29) is 6.61 Å². The fraction of sp³-hybridized carbons (Fsp3) is 0.125. The lowest BCUT2D eigenvalue weighted by Gasteiger charge is -2.07. The first-order chi connectivity index (χ1) is 11.5. The van der Waals surface area contributed by atoms with Gasteiger partial charge in [-0.25, -0.2) is 5.43 Å². The highest BCUT2D eigenvalue weighted by Crippen LogP contribution is 2.27. The van der Waals surface area contributed by atoms with Gasteiger partial charge in [-0.1, -0.05) is 23.2 Å². The number of benzene rings is 2. The first-order valence-corrected chi connectivity index (χ1v) is 8.56. The van der Waals surface area contributed by atoms with Crippen LogP contribution in [0.4, 0.5) is 0 Å². The Bertz CT molecular complexity index is 769. The normalized spacial score (nSPS) is 10.7. The molecule has 0 aliphatic rings. The molecule has 2 aromatic carbocycles. The van der Waals surface area contributed by atoms with E-state index in [1.54, 1.807) is 25.3 Å². The number of rotatable bonds is 6. The minimum Gasteiger partial charge on any atom is -0.496 e. The number of halogens is 3. The van der Waals surface area contributed by atoms with Gasteiger partial charge in [0.15, 0.2) is 6.61 Å². The Kier molecular flexibility index (Phi) is 7.14. The van der Waals surface area contributed by atoms with Gasteiger partial charge in [0.1, 0.15) is 11.5 Å². The second-order valence-corrected chi connectivity index (χ2v) is 6.56. The summed E-state index contributed by atoms with van der Waals surface area (Å²) >= 11 is 13.9. The first-order valence-electron chi connectivity index (χ1n) is 6.73. The SMILES string of the molecule is COc1ccc(C=NNC(=O)COc2ccc(Cl)cc2Cl)cc1I. The molecule has 0 radical (unpaired) electrons. The van der Waals surface area contributed by atoms with Crippen molar-refractivity contribution in [2.45, 2.75) is 0 Å². The third-order valence-electron chi connectivity index (χ3n) is 2.83. The van der Waals surface area contributed by atoms with E-state index in [1.165, 1.54) is 6.21 Å². The van der Waals surface area contributed by atoms with Gasteiger partial charge in [0, 0.05) is 5.02 Å². The van der Waals surface area contributed by atoms with Gasteiger partial charge in [-0.3, -0.25) is 4.79 Å². The summed E-state index contributed by atoms with van der Waals surface area (Å²) in [5, 5.41) is 4.72. The molecule has 0 fully saturated rings. The number of methoxy groups -OCH3 is 1. The van der Waals surface area contributed by atoms with Crippen molar-refractivity contribution >= 4 is 57.9 Å². The molecule has 0 atom stereocenters. The van der Waals surface area contributed by atoms with Crippen molar-refractivity contribution in [3.63, 3.8) is 0 Å². The smallest absolute Gasteiger partial charge is 0.277 e. The summed E-state index contributed by atoms with van der Waals surface area (Å²) in [7, 11) is 1.61. The lowest BCUT2D eigenvalue weighted by Crippen LogP contribution is -2.24. The number of carbonyl (C=O) groups is 1. The Morgan fingerprint density at radius 1 is 1.25 bits per heavy atom. The Morgan fingerprint density at radius 2 is 2.00 bits per heavy atom. The number of hydrazone groups is 1. The number of carbonyl (C=O) groups excluding carboxylic acids is 1. The summed E-state index contributed by atoms with van der Waals surface area (Å²) in [4.78, 5) is 11.7. The van der Waals surface area contributed by atoms with Crippen molar-refractivity contribution in [2.24, 2.45) is 5.10 Å². The van der Waals surface area contributed by atoms with Crippen molar-refractivity contribution in [1.29, 1.82) is 0 Å². The van der Waals surface area contributed by atoms with E-state index in [1.807, 2.05) is 18.2 Å². The highest BCUT2D eigenvalue weighted by atomic mass is 127. The van der Waals surface area contributed by atoms with Gasteiger partial charge in [-0.15, -0.1) is 0 Å². The molecule has 24 heavy (non-hydrogen) atoms. The van der Waals surface area contributed by atoms with Crippen molar-refractivity contribution in [3.05, 3.63) is 55.6 Å². The molecule has 0 aliphatic heterocycles. The van der Waals surface area contributed by atoms with E-state index >= 15 is 0 Å². The summed E-state index contributed by atoms with van der Waals surface area (Å²) in [6.45, 7) is -0.209. The Morgan fingerprint density at radius 3 is 2.67 bits per heavy atom. The maximum atomic E-state index is 11.7. The van der Waals surface area contributed by atoms with E-state index < -0.39 is 5.91 Å². The standard InChI is InChI=1S/C16H13Cl2IN2O3/c1-23-15-4-2-10(6-13(15)19)8-20-21-16(22)9-24-14-5-3-11(17)7-12(14)18/h2-8H,9H2,1H3,(H,21,22). The molecular formula is C16H13Cl2IN2O3. The van der Waals surface area contributed by atoms with Crippen LogP contribution in [0, 0.1) is 3.57 Å². The highest BCUT2D eigenvalue weighted by Gasteiger charge is 2.06. The molecule has 0 spiro atoms. The van der Waals surface area contributed by atoms with Gasteiger partial charge in [0.2, 0.25) is 0 Å². The van der Waals surface area contributed by atoms with E-state index in [0.717, 1.165) is 14.9 Å². The van der Waals surface area contributed by atoms with Gasteiger partial charge in [-0.2, -0.15) is 5.10 Å². The number of nitrogens with one attached hydrogen (secondary N) is 1. The van der Waals surface area contributed by atoms with Crippen LogP contribution in [0.3, 0.4) is 0 Å². The minimum atomic E-state index is -0.402. The van der Waals surface area contributed by atoms with Crippen molar-refractivity contribution < 1.29 is 14.3 Å². The van der Waals surface area contributed by atoms with Crippen molar-refractivity contribution in [1.82, 2.24) is 5.43 Å². The molecule has 0 aromatic heterocycles. The van der Waals surface area contributed by atoms with Crippen LogP contribution in [0.1, 0.15) is 5.56 Å². The molecule has 5 nitrogen and oxygen atoms in total. The van der Waals surface area contributed by atoms with Crippen LogP contribution >= 0.6 is 45.8 Å². The summed E-state index contributed by atoms with van der Waals surface area (Å²) in [5.74, 6) is 0.760. The van der Waals surface area contributed by atoms with Crippen LogP contribution in [0.25, 0.3) is 0 Å². The molecule has 0 aliphatic carbocycles. The van der Waals surface area contributed by atoms with Crippen molar-refractivity contribution in [3.8, 4) is 11.5 Å². The zero-order chi connectivity index (χ0) is 17.5. The molecule has 0 saturated heterocycles. The fourth-order valence-corrected chi connectivity index (χ4v) is 2.93. The largest absolute Gasteiger partial charge is 0.496 e. The van der Waals surface area contributed by atoms with Gasteiger partial charge in [-0.05, 0) is 64.6 Å². The maximum Gasteiger partial charge on any atom is 0.277 e. The molecule has 2 aromatic rings. The summed E-state index contributed by atoms with van der Waals surface area (Å²) in [5.41, 5.74) is 3.22. The molecule has 0 unspecified atom stereocenters. The highest BCUT2D eigenvalue weighted by molar-refractivity contribution is 14.1. The molecule has 126 valence electrons. The quantitative estimate of drug-likeness (QED) is 0.385. The average Bonchev–Trinajstić information content (AvgIpc) is 2.54. The maximum absolute atomic E-state index is 11.7. The Balaban J connectivity index is 1.85. The third kappa shape index (κ3) is 5.54. The monoisotopic (exact) mass is 478 g/mol.